The van der Waals surface area contributed by atoms with Crippen molar-refractivity contribution in [3.63, 3.8) is 0 Å². The Bertz CT molecular complexity index is 1240. The molecule has 1 atom stereocenters. The Kier molecular flexibility index (Phi) is 4.91. The van der Waals surface area contributed by atoms with Gasteiger partial charge in [0, 0.05) is 18.2 Å². The van der Waals surface area contributed by atoms with Crippen LogP contribution in [-0.4, -0.2) is 15.5 Å². The maximum Gasteiger partial charge on any atom is 0.0862 e. The van der Waals surface area contributed by atoms with Crippen LogP contribution in [0.25, 0.3) is 5.69 Å². The molecule has 1 unspecified atom stereocenters. The van der Waals surface area contributed by atoms with E-state index in [-0.39, 0.29) is 6.04 Å². The Balaban J connectivity index is 1.51. The number of rotatable bonds is 4. The van der Waals surface area contributed by atoms with Gasteiger partial charge in [0.05, 0.1) is 29.3 Å². The van der Waals surface area contributed by atoms with Crippen molar-refractivity contribution in [2.24, 2.45) is 5.10 Å². The van der Waals surface area contributed by atoms with Crippen LogP contribution < -0.4 is 5.01 Å². The highest BCUT2D eigenvalue weighted by atomic mass is 15.5. The molecule has 5 rings (SSSR count). The molecule has 2 heterocycles. The van der Waals surface area contributed by atoms with Gasteiger partial charge >= 0.3 is 0 Å². The van der Waals surface area contributed by atoms with Crippen molar-refractivity contribution in [2.45, 2.75) is 33.2 Å². The lowest BCUT2D eigenvalue weighted by atomic mass is 10.0. The zero-order valence-corrected chi connectivity index (χ0v) is 18.2. The van der Waals surface area contributed by atoms with Crippen molar-refractivity contribution in [1.82, 2.24) is 9.78 Å². The van der Waals surface area contributed by atoms with Crippen LogP contribution in [0.4, 0.5) is 5.69 Å². The number of aryl methyl sites for hydroxylation is 3. The van der Waals surface area contributed by atoms with Gasteiger partial charge in [0.15, 0.2) is 0 Å². The fourth-order valence-corrected chi connectivity index (χ4v) is 4.03. The Morgan fingerprint density at radius 1 is 0.806 bits per heavy atom. The summed E-state index contributed by atoms with van der Waals surface area (Å²) in [7, 11) is 0. The Morgan fingerprint density at radius 2 is 1.55 bits per heavy atom. The van der Waals surface area contributed by atoms with E-state index < -0.39 is 0 Å². The molecule has 0 aliphatic carbocycles. The molecule has 4 heteroatoms. The number of anilines is 1. The number of hydrazone groups is 1. The van der Waals surface area contributed by atoms with E-state index >= 15 is 0 Å². The summed E-state index contributed by atoms with van der Waals surface area (Å²) < 4.78 is 1.97. The highest BCUT2D eigenvalue weighted by molar-refractivity contribution is 6.03. The van der Waals surface area contributed by atoms with Crippen molar-refractivity contribution in [3.05, 3.63) is 113 Å². The highest BCUT2D eigenvalue weighted by Gasteiger charge is 2.31. The van der Waals surface area contributed by atoms with E-state index in [1.54, 1.807) is 0 Å². The van der Waals surface area contributed by atoms with E-state index in [2.05, 4.69) is 104 Å². The number of hydrogen-bond acceptors (Lipinski definition) is 3. The predicted octanol–water partition coefficient (Wildman–Crippen LogP) is 6.15. The molecule has 4 aromatic rings. The molecule has 154 valence electrons. The molecule has 0 radical (unpaired) electrons. The Labute approximate surface area is 183 Å². The molecule has 0 amide bonds. The third-order valence-corrected chi connectivity index (χ3v) is 6.06. The molecule has 0 fully saturated rings. The summed E-state index contributed by atoms with van der Waals surface area (Å²) in [6.07, 6.45) is 4.96. The third kappa shape index (κ3) is 3.77. The van der Waals surface area contributed by atoms with E-state index in [0.29, 0.717) is 0 Å². The first kappa shape index (κ1) is 19.3. The van der Waals surface area contributed by atoms with Gasteiger partial charge in [-0.2, -0.15) is 10.2 Å². The van der Waals surface area contributed by atoms with Gasteiger partial charge in [-0.3, -0.25) is 5.01 Å². The van der Waals surface area contributed by atoms with Crippen molar-refractivity contribution >= 4 is 11.4 Å². The second kappa shape index (κ2) is 7.88. The highest BCUT2D eigenvalue weighted by Crippen LogP contribution is 2.36. The molecular weight excluding hydrogens is 380 g/mol. The van der Waals surface area contributed by atoms with Gasteiger partial charge in [-0.1, -0.05) is 54.1 Å². The van der Waals surface area contributed by atoms with Gasteiger partial charge in [0.2, 0.25) is 0 Å². The van der Waals surface area contributed by atoms with Crippen LogP contribution in [0.5, 0.6) is 0 Å². The van der Waals surface area contributed by atoms with E-state index in [0.717, 1.165) is 29.1 Å². The summed E-state index contributed by atoms with van der Waals surface area (Å²) in [4.78, 5) is 0. The van der Waals surface area contributed by atoms with Crippen molar-refractivity contribution < 1.29 is 0 Å². The van der Waals surface area contributed by atoms with Crippen LogP contribution in [0, 0.1) is 20.8 Å². The SMILES string of the molecule is Cc1ccc(N2N=C(c3ccccc3)CC2c2cnn(-c3ccc(C)c(C)c3)c2)cc1. The molecule has 31 heavy (non-hydrogen) atoms. The third-order valence-electron chi connectivity index (χ3n) is 6.06. The fraction of sp³-hybridized carbons (Fsp3) is 0.185. The maximum atomic E-state index is 5.04. The summed E-state index contributed by atoms with van der Waals surface area (Å²) in [5.74, 6) is 0. The first-order valence-corrected chi connectivity index (χ1v) is 10.7. The molecular formula is C27H26N4. The minimum Gasteiger partial charge on any atom is -0.257 e. The van der Waals surface area contributed by atoms with E-state index in [1.807, 2.05) is 16.9 Å². The van der Waals surface area contributed by atoms with Gasteiger partial charge in [0.1, 0.15) is 0 Å². The summed E-state index contributed by atoms with van der Waals surface area (Å²) in [5, 5.41) is 11.9. The first-order valence-electron chi connectivity index (χ1n) is 10.7. The topological polar surface area (TPSA) is 33.4 Å². The first-order chi connectivity index (χ1) is 15.1. The van der Waals surface area contributed by atoms with Crippen LogP contribution in [0.2, 0.25) is 0 Å². The van der Waals surface area contributed by atoms with Gasteiger partial charge in [-0.05, 0) is 61.7 Å². The lowest BCUT2D eigenvalue weighted by Crippen LogP contribution is -2.18. The monoisotopic (exact) mass is 406 g/mol. The zero-order valence-electron chi connectivity index (χ0n) is 18.2. The number of nitrogens with zero attached hydrogens (tertiary/aromatic N) is 4. The molecule has 0 saturated carbocycles. The van der Waals surface area contributed by atoms with Gasteiger partial charge < -0.3 is 0 Å². The molecule has 0 spiro atoms. The van der Waals surface area contributed by atoms with Crippen molar-refractivity contribution in [2.75, 3.05) is 5.01 Å². The van der Waals surface area contributed by atoms with Gasteiger partial charge in [-0.25, -0.2) is 4.68 Å². The average molecular weight is 407 g/mol. The van der Waals surface area contributed by atoms with E-state index in [1.165, 1.54) is 22.3 Å². The van der Waals surface area contributed by atoms with E-state index in [4.69, 9.17) is 5.10 Å². The van der Waals surface area contributed by atoms with Crippen LogP contribution >= 0.6 is 0 Å². The molecule has 1 aliphatic heterocycles. The lowest BCUT2D eigenvalue weighted by molar-refractivity contribution is 0.708. The standard InChI is InChI=1S/C27H26N4/c1-19-9-12-24(13-10-19)31-27(16-26(29-31)22-7-5-4-6-8-22)23-17-28-30(18-23)25-14-11-20(2)21(3)15-25/h4-15,17-18,27H,16H2,1-3H3. The van der Waals surface area contributed by atoms with Crippen molar-refractivity contribution in [3.8, 4) is 5.69 Å². The summed E-state index contributed by atoms with van der Waals surface area (Å²) in [5.41, 5.74) is 9.42. The maximum absolute atomic E-state index is 5.04. The number of benzene rings is 3. The van der Waals surface area contributed by atoms with Gasteiger partial charge in [0.25, 0.3) is 0 Å². The molecule has 3 aromatic carbocycles. The summed E-state index contributed by atoms with van der Waals surface area (Å²) in [6, 6.07) is 25.6. The Hall–Kier alpha value is -3.66. The quantitative estimate of drug-likeness (QED) is 0.407. The fourth-order valence-electron chi connectivity index (χ4n) is 4.03. The normalized spacial score (nSPS) is 15.9. The smallest absolute Gasteiger partial charge is 0.0862 e. The van der Waals surface area contributed by atoms with Crippen LogP contribution in [0.1, 0.15) is 40.3 Å². The summed E-state index contributed by atoms with van der Waals surface area (Å²) in [6.45, 7) is 6.38. The summed E-state index contributed by atoms with van der Waals surface area (Å²) >= 11 is 0. The van der Waals surface area contributed by atoms with Crippen LogP contribution in [0.3, 0.4) is 0 Å². The lowest BCUT2D eigenvalue weighted by Gasteiger charge is -2.22. The second-order valence-corrected chi connectivity index (χ2v) is 8.30. The van der Waals surface area contributed by atoms with Crippen molar-refractivity contribution in [1.29, 1.82) is 0 Å². The number of hydrogen-bond donors (Lipinski definition) is 0. The van der Waals surface area contributed by atoms with Crippen LogP contribution in [-0.2, 0) is 0 Å². The predicted molar refractivity (Wildman–Crippen MR) is 127 cm³/mol. The average Bonchev–Trinajstić information content (AvgIpc) is 3.44. The number of aromatic nitrogens is 2. The second-order valence-electron chi connectivity index (χ2n) is 8.30. The molecule has 1 aliphatic rings. The molecule has 0 N–H and O–H groups in total. The largest absolute Gasteiger partial charge is 0.257 e. The molecule has 1 aromatic heterocycles. The van der Waals surface area contributed by atoms with Gasteiger partial charge in [-0.15, -0.1) is 0 Å². The minimum atomic E-state index is 0.109. The van der Waals surface area contributed by atoms with Crippen LogP contribution in [0.15, 0.2) is 90.3 Å². The zero-order chi connectivity index (χ0) is 21.4. The van der Waals surface area contributed by atoms with E-state index in [9.17, 15) is 0 Å². The molecule has 0 saturated heterocycles. The Morgan fingerprint density at radius 3 is 2.29 bits per heavy atom. The molecule has 0 bridgehead atoms. The minimum absolute atomic E-state index is 0.109. The molecule has 4 nitrogen and oxygen atoms in total.